The zero-order valence-electron chi connectivity index (χ0n) is 17.1. The van der Waals surface area contributed by atoms with Crippen molar-refractivity contribution in [2.24, 2.45) is 23.7 Å². The topological polar surface area (TPSA) is 127 Å². The van der Waals surface area contributed by atoms with Crippen molar-refractivity contribution in [1.82, 2.24) is 15.0 Å². The van der Waals surface area contributed by atoms with Crippen molar-refractivity contribution in [3.63, 3.8) is 0 Å². The molecule has 3 heterocycles. The van der Waals surface area contributed by atoms with E-state index in [0.29, 0.717) is 35.2 Å². The molecule has 2 saturated carbocycles. The lowest BCUT2D eigenvalue weighted by atomic mass is 10.0. The molecule has 2 aliphatic carbocycles. The first-order valence-electron chi connectivity index (χ1n) is 10.3. The highest BCUT2D eigenvalue weighted by molar-refractivity contribution is 5.98. The van der Waals surface area contributed by atoms with Crippen LogP contribution in [-0.4, -0.2) is 28.0 Å². The number of anilines is 2. The molecule has 5 rings (SSSR count). The Labute approximate surface area is 179 Å². The second kappa shape index (κ2) is 7.60. The smallest absolute Gasteiger partial charge is 0.229 e. The monoisotopic (exact) mass is 414 g/mol. The third kappa shape index (κ3) is 3.37. The van der Waals surface area contributed by atoms with Crippen LogP contribution in [0.5, 0.6) is 0 Å². The summed E-state index contributed by atoms with van der Waals surface area (Å²) in [5, 5.41) is 13.7. The van der Waals surface area contributed by atoms with Gasteiger partial charge < -0.3 is 15.8 Å². The van der Waals surface area contributed by atoms with Crippen molar-refractivity contribution in [3.8, 4) is 17.3 Å². The minimum Gasteiger partial charge on any atom is -0.383 e. The van der Waals surface area contributed by atoms with Gasteiger partial charge in [-0.1, -0.05) is 0 Å². The standard InChI is InChI=1S/C23H22N6O2/c1-31-11-13-4-5-26-9-16(13)18-6-14-7-19(27-10-17(14)22(25)28-18)29-23(30)21-15-3-2-12(8-24)20(15)21/h4-7,9-10,12,15,20-21H,2-3,11H2,1H3,(H2,25,28)(H,27,29,30)/t12-,15-,20+,21?/m1/s1. The molecule has 2 fully saturated rings. The molecule has 4 atom stereocenters. The van der Waals surface area contributed by atoms with Crippen molar-refractivity contribution >= 4 is 28.3 Å². The van der Waals surface area contributed by atoms with E-state index in [1.807, 2.05) is 12.1 Å². The molecule has 8 heteroatoms. The third-order valence-corrected chi connectivity index (χ3v) is 6.46. The molecule has 8 nitrogen and oxygen atoms in total. The molecule has 0 saturated heterocycles. The summed E-state index contributed by atoms with van der Waals surface area (Å²) in [6.07, 6.45) is 6.93. The second-order valence-electron chi connectivity index (χ2n) is 8.22. The second-order valence-corrected chi connectivity index (χ2v) is 8.22. The Hall–Kier alpha value is -3.57. The Kier molecular flexibility index (Phi) is 4.75. The molecule has 0 bridgehead atoms. The average molecular weight is 414 g/mol. The highest BCUT2D eigenvalue weighted by Gasteiger charge is 2.61. The van der Waals surface area contributed by atoms with E-state index in [2.05, 4.69) is 26.3 Å². The summed E-state index contributed by atoms with van der Waals surface area (Å²) in [4.78, 5) is 25.8. The molecular weight excluding hydrogens is 392 g/mol. The van der Waals surface area contributed by atoms with E-state index in [1.165, 1.54) is 0 Å². The SMILES string of the molecule is COCc1ccncc1-c1cc2cc(NC(=O)C3[C@H]4[C@@H](C#N)CC[C@@H]34)ncc2c(N)n1. The molecule has 31 heavy (non-hydrogen) atoms. The summed E-state index contributed by atoms with van der Waals surface area (Å²) in [5.41, 5.74) is 8.68. The average Bonchev–Trinajstić information content (AvgIpc) is 3.34. The first-order chi connectivity index (χ1) is 15.1. The fraction of sp³-hybridized carbons (Fsp3) is 0.348. The van der Waals surface area contributed by atoms with E-state index in [0.717, 1.165) is 29.4 Å². The first kappa shape index (κ1) is 19.4. The van der Waals surface area contributed by atoms with Gasteiger partial charge in [-0.05, 0) is 53.8 Å². The van der Waals surface area contributed by atoms with Crippen molar-refractivity contribution < 1.29 is 9.53 Å². The number of hydrogen-bond donors (Lipinski definition) is 2. The molecule has 0 radical (unpaired) electrons. The Morgan fingerprint density at radius 2 is 2.23 bits per heavy atom. The number of pyridine rings is 3. The Balaban J connectivity index is 1.43. The van der Waals surface area contributed by atoms with Gasteiger partial charge in [0, 0.05) is 42.6 Å². The van der Waals surface area contributed by atoms with E-state index >= 15 is 0 Å². The summed E-state index contributed by atoms with van der Waals surface area (Å²) in [5.74, 6) is 1.22. The number of nitriles is 1. The summed E-state index contributed by atoms with van der Waals surface area (Å²) >= 11 is 0. The summed E-state index contributed by atoms with van der Waals surface area (Å²) in [6.45, 7) is 0.433. The number of carbonyl (C=O) groups excluding carboxylic acids is 1. The molecule has 1 unspecified atom stereocenters. The number of nitrogen functional groups attached to an aromatic ring is 1. The number of fused-ring (bicyclic) bond motifs is 2. The third-order valence-electron chi connectivity index (χ3n) is 6.46. The number of hydrogen-bond acceptors (Lipinski definition) is 7. The van der Waals surface area contributed by atoms with Gasteiger partial charge in [0.2, 0.25) is 5.91 Å². The highest BCUT2D eigenvalue weighted by atomic mass is 16.5. The number of nitrogens with zero attached hydrogens (tertiary/aromatic N) is 4. The summed E-state index contributed by atoms with van der Waals surface area (Å²) in [6, 6.07) is 7.95. The number of methoxy groups -OCH3 is 1. The van der Waals surface area contributed by atoms with Crippen molar-refractivity contribution in [1.29, 1.82) is 5.26 Å². The molecule has 156 valence electrons. The van der Waals surface area contributed by atoms with Crippen LogP contribution in [-0.2, 0) is 16.1 Å². The predicted octanol–water partition coefficient (Wildman–Crippen LogP) is 3.15. The lowest BCUT2D eigenvalue weighted by Crippen LogP contribution is -2.19. The van der Waals surface area contributed by atoms with Gasteiger partial charge >= 0.3 is 0 Å². The molecule has 0 aliphatic heterocycles. The zero-order chi connectivity index (χ0) is 21.5. The number of rotatable bonds is 5. The lowest BCUT2D eigenvalue weighted by molar-refractivity contribution is -0.118. The van der Waals surface area contributed by atoms with Gasteiger partial charge in [-0.3, -0.25) is 9.78 Å². The van der Waals surface area contributed by atoms with Crippen LogP contribution in [0.25, 0.3) is 22.0 Å². The van der Waals surface area contributed by atoms with Crippen molar-refractivity contribution in [3.05, 3.63) is 42.4 Å². The van der Waals surface area contributed by atoms with Crippen LogP contribution >= 0.6 is 0 Å². The number of ether oxygens (including phenoxy) is 1. The largest absolute Gasteiger partial charge is 0.383 e. The van der Waals surface area contributed by atoms with Crippen LogP contribution in [0.2, 0.25) is 0 Å². The lowest BCUT2D eigenvalue weighted by Gasteiger charge is -2.12. The van der Waals surface area contributed by atoms with Crippen molar-refractivity contribution in [2.75, 3.05) is 18.2 Å². The summed E-state index contributed by atoms with van der Waals surface area (Å²) in [7, 11) is 1.64. The maximum Gasteiger partial charge on any atom is 0.229 e. The van der Waals surface area contributed by atoms with E-state index in [9.17, 15) is 10.1 Å². The molecule has 2 aliphatic rings. The van der Waals surface area contributed by atoms with Crippen LogP contribution < -0.4 is 11.1 Å². The maximum atomic E-state index is 12.7. The zero-order valence-corrected chi connectivity index (χ0v) is 17.1. The molecule has 0 spiro atoms. The fourth-order valence-electron chi connectivity index (χ4n) is 4.93. The van der Waals surface area contributed by atoms with Gasteiger partial charge in [-0.2, -0.15) is 5.26 Å². The van der Waals surface area contributed by atoms with Crippen LogP contribution in [0.4, 0.5) is 11.6 Å². The minimum absolute atomic E-state index is 0.000443. The number of carbonyl (C=O) groups is 1. The van der Waals surface area contributed by atoms with E-state index < -0.39 is 0 Å². The fourth-order valence-corrected chi connectivity index (χ4v) is 4.93. The predicted molar refractivity (Wildman–Crippen MR) is 115 cm³/mol. The van der Waals surface area contributed by atoms with Gasteiger partial charge in [-0.25, -0.2) is 9.97 Å². The van der Waals surface area contributed by atoms with Crippen LogP contribution in [0.1, 0.15) is 18.4 Å². The number of nitrogens with one attached hydrogen (secondary N) is 1. The van der Waals surface area contributed by atoms with Gasteiger partial charge in [-0.15, -0.1) is 0 Å². The van der Waals surface area contributed by atoms with Crippen molar-refractivity contribution in [2.45, 2.75) is 19.4 Å². The van der Waals surface area contributed by atoms with Gasteiger partial charge in [0.1, 0.15) is 11.6 Å². The highest BCUT2D eigenvalue weighted by Crippen LogP contribution is 2.60. The normalized spacial score (nSPS) is 23.9. The maximum absolute atomic E-state index is 12.7. The molecule has 3 aromatic rings. The number of aromatic nitrogens is 3. The molecule has 3 aromatic heterocycles. The molecule has 3 N–H and O–H groups in total. The van der Waals surface area contributed by atoms with E-state index in [1.54, 1.807) is 31.8 Å². The van der Waals surface area contributed by atoms with Crippen LogP contribution in [0.15, 0.2) is 36.8 Å². The Bertz CT molecular complexity index is 1220. The summed E-state index contributed by atoms with van der Waals surface area (Å²) < 4.78 is 5.28. The Morgan fingerprint density at radius 1 is 1.35 bits per heavy atom. The van der Waals surface area contributed by atoms with Gasteiger partial charge in [0.15, 0.2) is 0 Å². The molecule has 1 amide bonds. The number of nitrogens with two attached hydrogens (primary N) is 1. The molecule has 0 aromatic carbocycles. The minimum atomic E-state index is -0.0824. The van der Waals surface area contributed by atoms with E-state index in [-0.39, 0.29) is 23.7 Å². The quantitative estimate of drug-likeness (QED) is 0.656. The van der Waals surface area contributed by atoms with Crippen LogP contribution in [0.3, 0.4) is 0 Å². The van der Waals surface area contributed by atoms with Gasteiger partial charge in [0.25, 0.3) is 0 Å². The van der Waals surface area contributed by atoms with Crippen LogP contribution in [0, 0.1) is 35.0 Å². The Morgan fingerprint density at radius 3 is 3.03 bits per heavy atom. The molecular formula is C23H22N6O2. The van der Waals surface area contributed by atoms with Gasteiger partial charge in [0.05, 0.1) is 24.3 Å². The number of amides is 1. The van der Waals surface area contributed by atoms with E-state index in [4.69, 9.17) is 10.5 Å². The first-order valence-corrected chi connectivity index (χ1v) is 10.3.